The molecule has 1 fully saturated rings. The molecule has 3 aromatic rings. The van der Waals surface area contributed by atoms with Crippen LogP contribution in [-0.2, 0) is 0 Å². The fourth-order valence-electron chi connectivity index (χ4n) is 3.41. The lowest BCUT2D eigenvalue weighted by molar-refractivity contribution is 0.368. The number of methoxy groups -OCH3 is 1. The van der Waals surface area contributed by atoms with E-state index in [-0.39, 0.29) is 0 Å². The molecule has 0 spiro atoms. The third-order valence-electron chi connectivity index (χ3n) is 4.72. The Bertz CT molecular complexity index is 1020. The monoisotopic (exact) mass is 407 g/mol. The van der Waals surface area contributed by atoms with Crippen LogP contribution in [0.1, 0.15) is 19.3 Å². The smallest absolute Gasteiger partial charge is 0.497 e. The number of fused-ring (bicyclic) bond motifs is 1. The van der Waals surface area contributed by atoms with Crippen LogP contribution in [0.5, 0.6) is 5.75 Å². The van der Waals surface area contributed by atoms with Crippen molar-refractivity contribution < 1.29 is 26.4 Å². The molecule has 3 nitrogen and oxygen atoms in total. The van der Waals surface area contributed by atoms with Crippen molar-refractivity contribution >= 4 is 18.2 Å². The van der Waals surface area contributed by atoms with E-state index in [1.54, 1.807) is 7.11 Å². The van der Waals surface area contributed by atoms with Gasteiger partial charge in [0.25, 0.3) is 0 Å². The van der Waals surface area contributed by atoms with Crippen LogP contribution in [-0.4, -0.2) is 27.5 Å². The zero-order chi connectivity index (χ0) is 20.9. The molecule has 0 saturated carbocycles. The van der Waals surface area contributed by atoms with Gasteiger partial charge in [0.15, 0.2) is 0 Å². The van der Waals surface area contributed by atoms with Gasteiger partial charge in [0, 0.05) is 18.4 Å². The highest BCUT2D eigenvalue weighted by atomic mass is 19.5. The average molecular weight is 407 g/mol. The third-order valence-corrected chi connectivity index (χ3v) is 4.72. The van der Waals surface area contributed by atoms with Gasteiger partial charge in [-0.1, -0.05) is 12.1 Å². The molecule has 1 aliphatic rings. The number of para-hydroxylation sites is 1. The van der Waals surface area contributed by atoms with Crippen molar-refractivity contribution in [3.63, 3.8) is 0 Å². The Morgan fingerprint density at radius 1 is 0.897 bits per heavy atom. The maximum atomic E-state index is 9.75. The van der Waals surface area contributed by atoms with E-state index < -0.39 is 7.25 Å². The van der Waals surface area contributed by atoms with E-state index in [2.05, 4.69) is 28.8 Å². The summed E-state index contributed by atoms with van der Waals surface area (Å²) in [6, 6.07) is 18.5. The summed E-state index contributed by atoms with van der Waals surface area (Å²) in [5.41, 5.74) is 2.01. The van der Waals surface area contributed by atoms with Gasteiger partial charge in [-0.3, -0.25) is 0 Å². The first-order valence-corrected chi connectivity index (χ1v) is 9.48. The largest absolute Gasteiger partial charge is 0.673 e. The molecule has 154 valence electrons. The predicted molar refractivity (Wildman–Crippen MR) is 107 cm³/mol. The molecule has 0 radical (unpaired) electrons. The summed E-state index contributed by atoms with van der Waals surface area (Å²) in [5, 5.41) is 2.47. The molecule has 0 N–H and O–H groups in total. The van der Waals surface area contributed by atoms with Crippen molar-refractivity contribution in [3.05, 3.63) is 60.0 Å². The van der Waals surface area contributed by atoms with Crippen LogP contribution in [0, 0.1) is 0 Å². The lowest BCUT2D eigenvalue weighted by atomic mass is 10.1. The molecule has 1 saturated heterocycles. The number of ether oxygens (including phenoxy) is 1. The van der Waals surface area contributed by atoms with Crippen LogP contribution in [0.2, 0.25) is 0 Å². The molecule has 0 unspecified atom stereocenters. The van der Waals surface area contributed by atoms with E-state index in [0.29, 0.717) is 0 Å². The molecule has 1 aliphatic heterocycles. The van der Waals surface area contributed by atoms with E-state index in [1.807, 2.05) is 30.3 Å². The van der Waals surface area contributed by atoms with E-state index in [9.17, 15) is 17.3 Å². The summed E-state index contributed by atoms with van der Waals surface area (Å²) in [5.74, 6) is 1.76. The highest BCUT2D eigenvalue weighted by Gasteiger charge is 2.20. The first kappa shape index (κ1) is 21.0. The van der Waals surface area contributed by atoms with Gasteiger partial charge in [-0.15, -0.1) is 0 Å². The number of piperidine rings is 1. The number of rotatable bonds is 2. The van der Waals surface area contributed by atoms with Gasteiger partial charge in [0.05, 0.1) is 18.6 Å². The highest BCUT2D eigenvalue weighted by Crippen LogP contribution is 2.24. The number of nitrogens with zero attached hydrogens (tertiary/aromatic N) is 1. The topological polar surface area (TPSA) is 25.4 Å². The van der Waals surface area contributed by atoms with Crippen LogP contribution in [0.25, 0.3) is 22.3 Å². The number of halogens is 4. The molecule has 2 aromatic carbocycles. The highest BCUT2D eigenvalue weighted by molar-refractivity contribution is 6.50. The third kappa shape index (κ3) is 5.86. The summed E-state index contributed by atoms with van der Waals surface area (Å²) in [4.78, 5) is 0. The van der Waals surface area contributed by atoms with Crippen molar-refractivity contribution in [3.8, 4) is 17.1 Å². The Morgan fingerprint density at radius 3 is 2.14 bits per heavy atom. The van der Waals surface area contributed by atoms with Gasteiger partial charge in [0.2, 0.25) is 5.36 Å². The van der Waals surface area contributed by atoms with Crippen molar-refractivity contribution in [1.82, 2.24) is 4.58 Å². The normalized spacial score (nSPS) is 14.3. The molecule has 2 heterocycles. The zero-order valence-electron chi connectivity index (χ0n) is 16.1. The summed E-state index contributed by atoms with van der Waals surface area (Å²) in [7, 11) is -4.32. The van der Waals surface area contributed by atoms with Gasteiger partial charge >= 0.3 is 7.25 Å². The lowest BCUT2D eigenvalue weighted by Gasteiger charge is -2.11. The van der Waals surface area contributed by atoms with Crippen molar-refractivity contribution in [1.29, 1.82) is 0 Å². The van der Waals surface area contributed by atoms with E-state index in [0.717, 1.165) is 35.7 Å². The van der Waals surface area contributed by atoms with Gasteiger partial charge in [-0.2, -0.15) is 0 Å². The Morgan fingerprint density at radius 2 is 1.52 bits per heavy atom. The van der Waals surface area contributed by atoms with Crippen LogP contribution in [0.15, 0.2) is 59.0 Å². The average Bonchev–Trinajstić information content (AvgIpc) is 2.72. The molecule has 0 bridgehead atoms. The van der Waals surface area contributed by atoms with Crippen LogP contribution in [0.4, 0.5) is 17.3 Å². The van der Waals surface area contributed by atoms with Gasteiger partial charge < -0.3 is 26.4 Å². The second-order valence-corrected chi connectivity index (χ2v) is 6.76. The maximum Gasteiger partial charge on any atom is 0.673 e. The van der Waals surface area contributed by atoms with E-state index in [1.165, 1.54) is 30.0 Å². The second kappa shape index (κ2) is 9.16. The fraction of sp³-hybridized carbons (Fsp3) is 0.286. The summed E-state index contributed by atoms with van der Waals surface area (Å²) in [6.07, 6.45) is 3.85. The Labute approximate surface area is 166 Å². The minimum absolute atomic E-state index is 0.857. The van der Waals surface area contributed by atoms with Crippen molar-refractivity contribution in [2.75, 3.05) is 20.2 Å². The fourth-order valence-corrected chi connectivity index (χ4v) is 3.41. The Kier molecular flexibility index (Phi) is 6.62. The van der Waals surface area contributed by atoms with Crippen LogP contribution < -0.4 is 14.7 Å². The quantitative estimate of drug-likeness (QED) is 0.325. The molecule has 8 heteroatoms. The molecule has 0 amide bonds. The molecule has 29 heavy (non-hydrogen) atoms. The molecule has 0 atom stereocenters. The summed E-state index contributed by atoms with van der Waals surface area (Å²) in [6.45, 7) is 2.24. The SMILES string of the molecule is COc1ccc(-c2cc(=[N+]3CCCCC3)c3ccccc3o2)cc1.F[B-](F)(F)F. The first-order valence-electron chi connectivity index (χ1n) is 9.48. The van der Waals surface area contributed by atoms with E-state index >= 15 is 0 Å². The van der Waals surface area contributed by atoms with Crippen LogP contribution >= 0.6 is 0 Å². The first-order chi connectivity index (χ1) is 13.8. The minimum atomic E-state index is -6.00. The predicted octanol–water partition coefficient (Wildman–Crippen LogP) is 5.36. The number of hydrogen-bond acceptors (Lipinski definition) is 2. The van der Waals surface area contributed by atoms with Crippen molar-refractivity contribution in [2.24, 2.45) is 0 Å². The molecular weight excluding hydrogens is 385 g/mol. The maximum absolute atomic E-state index is 9.75. The number of benzene rings is 2. The van der Waals surface area contributed by atoms with Gasteiger partial charge in [-0.05, 0) is 42.8 Å². The molecule has 4 rings (SSSR count). The zero-order valence-corrected chi connectivity index (χ0v) is 16.1. The molecule has 1 aromatic heterocycles. The summed E-state index contributed by atoms with van der Waals surface area (Å²) >= 11 is 0. The van der Waals surface area contributed by atoms with Crippen molar-refractivity contribution in [2.45, 2.75) is 19.3 Å². The standard InChI is InChI=1S/C21H22NO2.BF4/c1-23-17-11-9-16(10-12-17)21-15-19(22-13-5-2-6-14-22)18-7-3-4-8-20(18)24-21;2-1(3,4)5/h3-4,7-12,15H,2,5-6,13-14H2,1H3;/q+1;-1. The number of hydrogen-bond donors (Lipinski definition) is 0. The summed E-state index contributed by atoms with van der Waals surface area (Å²) < 4.78 is 52.9. The minimum Gasteiger partial charge on any atom is -0.497 e. The molecule has 0 aliphatic carbocycles. The Hall–Kier alpha value is -2.77. The van der Waals surface area contributed by atoms with E-state index in [4.69, 9.17) is 9.15 Å². The molecular formula is C21H22BF4NO2. The second-order valence-electron chi connectivity index (χ2n) is 6.76. The van der Waals surface area contributed by atoms with Crippen LogP contribution in [0.3, 0.4) is 0 Å². The lowest BCUT2D eigenvalue weighted by Crippen LogP contribution is -2.35. The van der Waals surface area contributed by atoms with Gasteiger partial charge in [-0.25, -0.2) is 4.58 Å². The Balaban J connectivity index is 0.000000431. The van der Waals surface area contributed by atoms with Gasteiger partial charge in [0.1, 0.15) is 30.2 Å².